The molecule has 7 heteroatoms. The number of rotatable bonds is 5. The molecule has 1 N–H and O–H groups in total. The molecule has 1 saturated heterocycles. The monoisotopic (exact) mass is 412 g/mol. The third-order valence-electron chi connectivity index (χ3n) is 5.02. The maximum Gasteiger partial charge on any atom is 0.174 e. The number of aryl methyl sites for hydroxylation is 1. The fraction of sp³-hybridized carbons (Fsp3) is 0.238. The van der Waals surface area contributed by atoms with Gasteiger partial charge in [-0.05, 0) is 61.6 Å². The molecule has 28 heavy (non-hydrogen) atoms. The minimum absolute atomic E-state index is 0.0539. The smallest absolute Gasteiger partial charge is 0.174 e. The van der Waals surface area contributed by atoms with Crippen molar-refractivity contribution in [2.24, 2.45) is 0 Å². The SMILES string of the molecule is CCn1cccc1[C@H]1[C@@H](c2ccccn2)NC(=S)N1c1ccc(OC)c(Cl)c1. The van der Waals surface area contributed by atoms with E-state index in [-0.39, 0.29) is 12.1 Å². The van der Waals surface area contributed by atoms with Gasteiger partial charge in [0.1, 0.15) is 11.8 Å². The summed E-state index contributed by atoms with van der Waals surface area (Å²) in [5.74, 6) is 0.637. The number of halogens is 1. The highest BCUT2D eigenvalue weighted by Gasteiger charge is 2.42. The Morgan fingerprint density at radius 3 is 2.75 bits per heavy atom. The van der Waals surface area contributed by atoms with Crippen molar-refractivity contribution in [2.45, 2.75) is 25.6 Å². The number of thiocarbonyl (C=S) groups is 1. The van der Waals surface area contributed by atoms with Crippen molar-refractivity contribution >= 4 is 34.6 Å². The van der Waals surface area contributed by atoms with E-state index in [4.69, 9.17) is 28.6 Å². The maximum atomic E-state index is 6.41. The van der Waals surface area contributed by atoms with Gasteiger partial charge in [0, 0.05) is 30.3 Å². The number of benzene rings is 1. The molecule has 0 radical (unpaired) electrons. The minimum Gasteiger partial charge on any atom is -0.495 e. The summed E-state index contributed by atoms with van der Waals surface area (Å²) < 4.78 is 7.53. The standard InChI is InChI=1S/C21H21ClN4OS/c1-3-25-12-6-8-17(25)20-19(16-7-4-5-11-23-16)24-21(28)26(20)14-9-10-18(27-2)15(22)13-14/h4-13,19-20H,3H2,1-2H3,(H,24,28)/t19-,20+/m1/s1. The molecular weight excluding hydrogens is 392 g/mol. The molecule has 0 unspecified atom stereocenters. The molecule has 2 aromatic heterocycles. The molecule has 2 atom stereocenters. The highest BCUT2D eigenvalue weighted by atomic mass is 35.5. The van der Waals surface area contributed by atoms with E-state index < -0.39 is 0 Å². The van der Waals surface area contributed by atoms with Crippen LogP contribution in [0, 0.1) is 0 Å². The second kappa shape index (κ2) is 7.81. The molecule has 1 aromatic carbocycles. The molecule has 4 rings (SSSR count). The number of pyridine rings is 1. The first kappa shape index (κ1) is 18.8. The van der Waals surface area contributed by atoms with Gasteiger partial charge >= 0.3 is 0 Å². The molecular formula is C21H21ClN4OS. The first-order valence-electron chi connectivity index (χ1n) is 9.13. The van der Waals surface area contributed by atoms with Crippen LogP contribution in [0.1, 0.15) is 30.4 Å². The predicted molar refractivity (Wildman–Crippen MR) is 116 cm³/mol. The lowest BCUT2D eigenvalue weighted by atomic mass is 10.0. The van der Waals surface area contributed by atoms with Crippen LogP contribution in [0.4, 0.5) is 5.69 Å². The largest absolute Gasteiger partial charge is 0.495 e. The Hall–Kier alpha value is -2.57. The molecule has 144 valence electrons. The molecule has 5 nitrogen and oxygen atoms in total. The summed E-state index contributed by atoms with van der Waals surface area (Å²) >= 11 is 12.1. The van der Waals surface area contributed by atoms with Crippen LogP contribution < -0.4 is 15.0 Å². The average molecular weight is 413 g/mol. The number of hydrogen-bond acceptors (Lipinski definition) is 3. The topological polar surface area (TPSA) is 42.3 Å². The van der Waals surface area contributed by atoms with Gasteiger partial charge in [-0.25, -0.2) is 0 Å². The van der Waals surface area contributed by atoms with Crippen LogP contribution >= 0.6 is 23.8 Å². The summed E-state index contributed by atoms with van der Waals surface area (Å²) in [6.07, 6.45) is 3.90. The number of nitrogens with zero attached hydrogens (tertiary/aromatic N) is 3. The van der Waals surface area contributed by atoms with Crippen molar-refractivity contribution in [3.63, 3.8) is 0 Å². The van der Waals surface area contributed by atoms with Gasteiger partial charge in [-0.1, -0.05) is 17.7 Å². The molecule has 1 aliphatic rings. The normalized spacial score (nSPS) is 19.0. The Morgan fingerprint density at radius 2 is 2.07 bits per heavy atom. The summed E-state index contributed by atoms with van der Waals surface area (Å²) in [6, 6.07) is 15.7. The van der Waals surface area contributed by atoms with Gasteiger partial charge in [0.15, 0.2) is 5.11 Å². The third-order valence-corrected chi connectivity index (χ3v) is 5.63. The summed E-state index contributed by atoms with van der Waals surface area (Å²) in [5.41, 5.74) is 3.02. The second-order valence-corrected chi connectivity index (χ2v) is 7.33. The zero-order valence-electron chi connectivity index (χ0n) is 15.7. The van der Waals surface area contributed by atoms with E-state index in [0.717, 1.165) is 23.6 Å². The molecule has 3 aromatic rings. The van der Waals surface area contributed by atoms with Gasteiger partial charge in [-0.15, -0.1) is 0 Å². The lowest BCUT2D eigenvalue weighted by Crippen LogP contribution is -2.30. The number of anilines is 1. The van der Waals surface area contributed by atoms with Gasteiger partial charge < -0.3 is 19.5 Å². The molecule has 0 bridgehead atoms. The molecule has 0 aliphatic carbocycles. The van der Waals surface area contributed by atoms with Crippen LogP contribution in [0.15, 0.2) is 60.9 Å². The van der Waals surface area contributed by atoms with Gasteiger partial charge in [0.2, 0.25) is 0 Å². The molecule has 0 amide bonds. The fourth-order valence-corrected chi connectivity index (χ4v) is 4.32. The van der Waals surface area contributed by atoms with Crippen molar-refractivity contribution in [1.82, 2.24) is 14.9 Å². The van der Waals surface area contributed by atoms with Gasteiger partial charge in [0.05, 0.1) is 23.9 Å². The van der Waals surface area contributed by atoms with E-state index in [1.807, 2.05) is 42.6 Å². The van der Waals surface area contributed by atoms with Crippen molar-refractivity contribution in [3.05, 3.63) is 77.3 Å². The number of ether oxygens (including phenoxy) is 1. The Kier molecular flexibility index (Phi) is 5.24. The van der Waals surface area contributed by atoms with E-state index >= 15 is 0 Å². The quantitative estimate of drug-likeness (QED) is 0.613. The predicted octanol–water partition coefficient (Wildman–Crippen LogP) is 4.74. The first-order valence-corrected chi connectivity index (χ1v) is 9.92. The zero-order chi connectivity index (χ0) is 19.7. The van der Waals surface area contributed by atoms with Crippen LogP contribution in [0.25, 0.3) is 0 Å². The third kappa shape index (κ3) is 3.23. The molecule has 0 spiro atoms. The summed E-state index contributed by atoms with van der Waals surface area (Å²) in [5, 5.41) is 4.66. The number of aromatic nitrogens is 2. The van der Waals surface area contributed by atoms with Crippen LogP contribution in [0.2, 0.25) is 5.02 Å². The number of nitrogens with one attached hydrogen (secondary N) is 1. The highest BCUT2D eigenvalue weighted by molar-refractivity contribution is 7.80. The molecule has 3 heterocycles. The van der Waals surface area contributed by atoms with Crippen LogP contribution in [0.5, 0.6) is 5.75 Å². The molecule has 1 fully saturated rings. The van der Waals surface area contributed by atoms with Gasteiger partial charge in [0.25, 0.3) is 0 Å². The molecule has 0 saturated carbocycles. The Bertz CT molecular complexity index is 991. The summed E-state index contributed by atoms with van der Waals surface area (Å²) in [6.45, 7) is 3.01. The van der Waals surface area contributed by atoms with Crippen molar-refractivity contribution in [1.29, 1.82) is 0 Å². The lowest BCUT2D eigenvalue weighted by Gasteiger charge is -2.29. The van der Waals surface area contributed by atoms with Crippen molar-refractivity contribution < 1.29 is 4.74 Å². The first-order chi connectivity index (χ1) is 13.6. The van der Waals surface area contributed by atoms with E-state index in [9.17, 15) is 0 Å². The van der Waals surface area contributed by atoms with Crippen molar-refractivity contribution in [3.8, 4) is 5.75 Å². The van der Waals surface area contributed by atoms with E-state index in [1.165, 1.54) is 0 Å². The van der Waals surface area contributed by atoms with Crippen LogP contribution in [-0.2, 0) is 6.54 Å². The van der Waals surface area contributed by atoms with E-state index in [0.29, 0.717) is 15.9 Å². The minimum atomic E-state index is -0.0743. The summed E-state index contributed by atoms with van der Waals surface area (Å²) in [4.78, 5) is 6.69. The maximum absolute atomic E-state index is 6.41. The highest BCUT2D eigenvalue weighted by Crippen LogP contribution is 2.43. The molecule has 1 aliphatic heterocycles. The number of methoxy groups -OCH3 is 1. The zero-order valence-corrected chi connectivity index (χ0v) is 17.2. The van der Waals surface area contributed by atoms with E-state index in [2.05, 4.69) is 45.0 Å². The Balaban J connectivity index is 1.84. The lowest BCUT2D eigenvalue weighted by molar-refractivity contribution is 0.415. The average Bonchev–Trinajstić information content (AvgIpc) is 3.32. The fourth-order valence-electron chi connectivity index (χ4n) is 3.72. The Morgan fingerprint density at radius 1 is 1.21 bits per heavy atom. The van der Waals surface area contributed by atoms with Gasteiger partial charge in [-0.3, -0.25) is 4.98 Å². The van der Waals surface area contributed by atoms with Crippen LogP contribution in [-0.4, -0.2) is 21.8 Å². The van der Waals surface area contributed by atoms with Crippen LogP contribution in [0.3, 0.4) is 0 Å². The van der Waals surface area contributed by atoms with Gasteiger partial charge in [-0.2, -0.15) is 0 Å². The van der Waals surface area contributed by atoms with E-state index in [1.54, 1.807) is 7.11 Å². The number of hydrogen-bond donors (Lipinski definition) is 1. The Labute approximate surface area is 174 Å². The summed E-state index contributed by atoms with van der Waals surface area (Å²) in [7, 11) is 1.61. The second-order valence-electron chi connectivity index (χ2n) is 6.53. The van der Waals surface area contributed by atoms with Crippen molar-refractivity contribution in [2.75, 3.05) is 12.0 Å².